The minimum absolute atomic E-state index is 0.114. The van der Waals surface area contributed by atoms with Gasteiger partial charge in [0.1, 0.15) is 0 Å². The Bertz CT molecular complexity index is 741. The van der Waals surface area contributed by atoms with Gasteiger partial charge in [0.2, 0.25) is 5.91 Å². The third-order valence-electron chi connectivity index (χ3n) is 4.33. The normalized spacial score (nSPS) is 14.2. The molecule has 0 aromatic heterocycles. The summed E-state index contributed by atoms with van der Waals surface area (Å²) in [5.74, 6) is 0.554. The number of hydrogen-bond acceptors (Lipinski definition) is 3. The Labute approximate surface area is 158 Å². The first-order valence-electron chi connectivity index (χ1n) is 8.70. The average molecular weight is 369 g/mol. The summed E-state index contributed by atoms with van der Waals surface area (Å²) >= 11 is 1.56. The van der Waals surface area contributed by atoms with Crippen LogP contribution in [0, 0.1) is 6.92 Å². The van der Waals surface area contributed by atoms with E-state index in [1.54, 1.807) is 16.7 Å². The SMILES string of the molecule is Cc1ccc(SCC(=O)N2CCN(C(=O)Nc3ccccc3)CC2)cc1. The first kappa shape index (κ1) is 18.3. The summed E-state index contributed by atoms with van der Waals surface area (Å²) in [5.41, 5.74) is 2.00. The first-order valence-corrected chi connectivity index (χ1v) is 9.68. The van der Waals surface area contributed by atoms with Crippen molar-refractivity contribution in [3.63, 3.8) is 0 Å². The Morgan fingerprint density at radius 2 is 1.54 bits per heavy atom. The number of piperazine rings is 1. The summed E-state index contributed by atoms with van der Waals surface area (Å²) in [6.45, 7) is 4.32. The maximum Gasteiger partial charge on any atom is 0.321 e. The number of carbonyl (C=O) groups excluding carboxylic acids is 2. The summed E-state index contributed by atoms with van der Waals surface area (Å²) in [6.07, 6.45) is 0. The fourth-order valence-corrected chi connectivity index (χ4v) is 3.56. The molecule has 1 fully saturated rings. The predicted octanol–water partition coefficient (Wildman–Crippen LogP) is 3.46. The van der Waals surface area contributed by atoms with Crippen molar-refractivity contribution in [3.05, 3.63) is 60.2 Å². The number of benzene rings is 2. The molecule has 0 spiro atoms. The molecule has 0 atom stereocenters. The fourth-order valence-electron chi connectivity index (χ4n) is 2.75. The molecule has 0 saturated carbocycles. The van der Waals surface area contributed by atoms with Crippen LogP contribution in [0.2, 0.25) is 0 Å². The zero-order chi connectivity index (χ0) is 18.4. The van der Waals surface area contributed by atoms with Gasteiger partial charge in [0.25, 0.3) is 0 Å². The van der Waals surface area contributed by atoms with Gasteiger partial charge in [-0.15, -0.1) is 11.8 Å². The lowest BCUT2D eigenvalue weighted by atomic mass is 10.2. The lowest BCUT2D eigenvalue weighted by molar-refractivity contribution is -0.129. The molecule has 0 bridgehead atoms. The summed E-state index contributed by atoms with van der Waals surface area (Å²) in [4.78, 5) is 29.4. The first-order chi connectivity index (χ1) is 12.6. The topological polar surface area (TPSA) is 52.7 Å². The third kappa shape index (κ3) is 5.02. The number of anilines is 1. The molecule has 1 saturated heterocycles. The van der Waals surface area contributed by atoms with E-state index in [1.807, 2.05) is 54.3 Å². The molecule has 2 aromatic rings. The molecule has 26 heavy (non-hydrogen) atoms. The second-order valence-electron chi connectivity index (χ2n) is 6.27. The van der Waals surface area contributed by atoms with Crippen molar-refractivity contribution in [2.24, 2.45) is 0 Å². The number of nitrogens with one attached hydrogen (secondary N) is 1. The van der Waals surface area contributed by atoms with Crippen LogP contribution in [0.4, 0.5) is 10.5 Å². The highest BCUT2D eigenvalue weighted by Crippen LogP contribution is 2.19. The minimum atomic E-state index is -0.114. The molecule has 0 aliphatic carbocycles. The Morgan fingerprint density at radius 1 is 0.923 bits per heavy atom. The Hall–Kier alpha value is -2.47. The van der Waals surface area contributed by atoms with Gasteiger partial charge in [0.05, 0.1) is 5.75 Å². The fraction of sp³-hybridized carbons (Fsp3) is 0.300. The molecule has 136 valence electrons. The van der Waals surface area contributed by atoms with E-state index in [-0.39, 0.29) is 11.9 Å². The molecule has 0 unspecified atom stereocenters. The highest BCUT2D eigenvalue weighted by atomic mass is 32.2. The van der Waals surface area contributed by atoms with Crippen LogP contribution < -0.4 is 5.32 Å². The van der Waals surface area contributed by atoms with E-state index >= 15 is 0 Å². The van der Waals surface area contributed by atoms with Crippen LogP contribution >= 0.6 is 11.8 Å². The van der Waals surface area contributed by atoms with Gasteiger partial charge < -0.3 is 15.1 Å². The average Bonchev–Trinajstić information content (AvgIpc) is 2.68. The number of nitrogens with zero attached hydrogens (tertiary/aromatic N) is 2. The van der Waals surface area contributed by atoms with Gasteiger partial charge in [-0.1, -0.05) is 35.9 Å². The van der Waals surface area contributed by atoms with Crippen LogP contribution in [-0.4, -0.2) is 53.7 Å². The van der Waals surface area contributed by atoms with Gasteiger partial charge in [-0.2, -0.15) is 0 Å². The Kier molecular flexibility index (Phi) is 6.17. The van der Waals surface area contributed by atoms with Crippen molar-refractivity contribution in [2.75, 3.05) is 37.2 Å². The Balaban J connectivity index is 1.43. The van der Waals surface area contributed by atoms with E-state index < -0.39 is 0 Å². The largest absolute Gasteiger partial charge is 0.338 e. The van der Waals surface area contributed by atoms with Gasteiger partial charge in [-0.05, 0) is 31.2 Å². The molecule has 6 heteroatoms. The number of thioether (sulfide) groups is 1. The number of rotatable bonds is 4. The summed E-state index contributed by atoms with van der Waals surface area (Å²) < 4.78 is 0. The highest BCUT2D eigenvalue weighted by Gasteiger charge is 2.24. The van der Waals surface area contributed by atoms with Crippen molar-refractivity contribution >= 4 is 29.4 Å². The number of carbonyl (C=O) groups is 2. The van der Waals surface area contributed by atoms with E-state index in [0.29, 0.717) is 31.9 Å². The van der Waals surface area contributed by atoms with Crippen LogP contribution in [0.15, 0.2) is 59.5 Å². The molecule has 0 radical (unpaired) electrons. The van der Waals surface area contributed by atoms with Crippen molar-refractivity contribution < 1.29 is 9.59 Å². The molecule has 5 nitrogen and oxygen atoms in total. The van der Waals surface area contributed by atoms with E-state index in [9.17, 15) is 9.59 Å². The summed E-state index contributed by atoms with van der Waals surface area (Å²) in [6, 6.07) is 17.5. The van der Waals surface area contributed by atoms with Crippen molar-refractivity contribution in [1.82, 2.24) is 9.80 Å². The molecule has 1 N–H and O–H groups in total. The quantitative estimate of drug-likeness (QED) is 0.840. The Morgan fingerprint density at radius 3 is 2.19 bits per heavy atom. The highest BCUT2D eigenvalue weighted by molar-refractivity contribution is 8.00. The van der Waals surface area contributed by atoms with E-state index in [0.717, 1.165) is 10.6 Å². The zero-order valence-electron chi connectivity index (χ0n) is 14.9. The summed E-state index contributed by atoms with van der Waals surface area (Å²) in [7, 11) is 0. The van der Waals surface area contributed by atoms with E-state index in [4.69, 9.17) is 0 Å². The molecule has 1 heterocycles. The van der Waals surface area contributed by atoms with E-state index in [2.05, 4.69) is 17.4 Å². The van der Waals surface area contributed by atoms with Crippen LogP contribution in [0.1, 0.15) is 5.56 Å². The molecule has 3 amide bonds. The maximum atomic E-state index is 12.4. The van der Waals surface area contributed by atoms with Gasteiger partial charge in [-0.25, -0.2) is 4.79 Å². The lowest BCUT2D eigenvalue weighted by Gasteiger charge is -2.34. The van der Waals surface area contributed by atoms with Crippen LogP contribution in [0.25, 0.3) is 0 Å². The number of urea groups is 1. The van der Waals surface area contributed by atoms with E-state index in [1.165, 1.54) is 5.56 Å². The smallest absolute Gasteiger partial charge is 0.321 e. The third-order valence-corrected chi connectivity index (χ3v) is 5.32. The number of aryl methyl sites for hydroxylation is 1. The zero-order valence-corrected chi connectivity index (χ0v) is 15.7. The minimum Gasteiger partial charge on any atom is -0.338 e. The maximum absolute atomic E-state index is 12.4. The van der Waals surface area contributed by atoms with Crippen molar-refractivity contribution in [1.29, 1.82) is 0 Å². The number of para-hydroxylation sites is 1. The van der Waals surface area contributed by atoms with Gasteiger partial charge in [0.15, 0.2) is 0 Å². The second-order valence-corrected chi connectivity index (χ2v) is 7.31. The predicted molar refractivity (Wildman–Crippen MR) is 106 cm³/mol. The van der Waals surface area contributed by atoms with Crippen LogP contribution in [0.3, 0.4) is 0 Å². The molecule has 1 aliphatic rings. The van der Waals surface area contributed by atoms with Gasteiger partial charge >= 0.3 is 6.03 Å². The van der Waals surface area contributed by atoms with Gasteiger partial charge in [-0.3, -0.25) is 4.79 Å². The molecular formula is C20H23N3O2S. The molecule has 2 aromatic carbocycles. The van der Waals surface area contributed by atoms with Crippen molar-refractivity contribution in [3.8, 4) is 0 Å². The standard InChI is InChI=1S/C20H23N3O2S/c1-16-7-9-18(10-8-16)26-15-19(24)22-11-13-23(14-12-22)20(25)21-17-5-3-2-4-6-17/h2-10H,11-15H2,1H3,(H,21,25). The lowest BCUT2D eigenvalue weighted by Crippen LogP contribution is -2.52. The number of amides is 3. The van der Waals surface area contributed by atoms with Gasteiger partial charge in [0, 0.05) is 36.8 Å². The van der Waals surface area contributed by atoms with Crippen LogP contribution in [-0.2, 0) is 4.79 Å². The van der Waals surface area contributed by atoms with Crippen LogP contribution in [0.5, 0.6) is 0 Å². The summed E-state index contributed by atoms with van der Waals surface area (Å²) in [5, 5.41) is 2.89. The molecule has 3 rings (SSSR count). The second kappa shape index (κ2) is 8.76. The monoisotopic (exact) mass is 369 g/mol. The number of hydrogen-bond donors (Lipinski definition) is 1. The molecule has 1 aliphatic heterocycles. The molecular weight excluding hydrogens is 346 g/mol. The van der Waals surface area contributed by atoms with Crippen molar-refractivity contribution in [2.45, 2.75) is 11.8 Å².